The Hall–Kier alpha value is -3.23. The maximum Gasteiger partial charge on any atom is 0.252 e. The fraction of sp³-hybridized carbons (Fsp3) is 0.286. The Morgan fingerprint density at radius 2 is 2.21 bits per heavy atom. The minimum atomic E-state index is -0.633. The molecule has 0 radical (unpaired) electrons. The van der Waals surface area contributed by atoms with Gasteiger partial charge in [0.25, 0.3) is 11.8 Å². The van der Waals surface area contributed by atoms with Crippen molar-refractivity contribution in [3.63, 3.8) is 0 Å². The van der Waals surface area contributed by atoms with Gasteiger partial charge >= 0.3 is 0 Å². The highest BCUT2D eigenvalue weighted by Crippen LogP contribution is 2.35. The van der Waals surface area contributed by atoms with Gasteiger partial charge in [0.1, 0.15) is 19.0 Å². The zero-order valence-corrected chi connectivity index (χ0v) is 16.1. The van der Waals surface area contributed by atoms with Crippen LogP contribution in [0.4, 0.5) is 0 Å². The van der Waals surface area contributed by atoms with Crippen LogP contribution in [0, 0.1) is 0 Å². The van der Waals surface area contributed by atoms with Crippen molar-refractivity contribution in [3.8, 4) is 17.1 Å². The van der Waals surface area contributed by atoms with Crippen LogP contribution in [0.15, 0.2) is 47.0 Å². The van der Waals surface area contributed by atoms with E-state index in [0.29, 0.717) is 35.2 Å². The van der Waals surface area contributed by atoms with E-state index in [0.717, 1.165) is 11.1 Å². The lowest BCUT2D eigenvalue weighted by atomic mass is 10.0. The monoisotopic (exact) mass is 395 g/mol. The van der Waals surface area contributed by atoms with E-state index in [-0.39, 0.29) is 18.6 Å². The predicted molar refractivity (Wildman–Crippen MR) is 103 cm³/mol. The molecule has 29 heavy (non-hydrogen) atoms. The first-order valence-corrected chi connectivity index (χ1v) is 9.22. The first kappa shape index (κ1) is 19.1. The quantitative estimate of drug-likeness (QED) is 0.661. The zero-order chi connectivity index (χ0) is 20.4. The molecule has 1 aliphatic heterocycles. The van der Waals surface area contributed by atoms with Gasteiger partial charge in [0.2, 0.25) is 5.82 Å². The number of hydrogen-bond acceptors (Lipinski definition) is 7. The van der Waals surface area contributed by atoms with Crippen molar-refractivity contribution >= 4 is 5.91 Å². The number of nitrogens with zero attached hydrogens (tertiary/aromatic N) is 2. The summed E-state index contributed by atoms with van der Waals surface area (Å²) in [6.45, 7) is 2.25. The van der Waals surface area contributed by atoms with Gasteiger partial charge in [-0.1, -0.05) is 29.4 Å². The summed E-state index contributed by atoms with van der Waals surface area (Å²) in [5.41, 5.74) is 2.82. The highest BCUT2D eigenvalue weighted by molar-refractivity contribution is 5.94. The van der Waals surface area contributed by atoms with Crippen LogP contribution in [-0.2, 0) is 11.3 Å². The number of fused-ring (bicyclic) bond motifs is 1. The predicted octanol–water partition coefficient (Wildman–Crippen LogP) is 2.80. The van der Waals surface area contributed by atoms with Gasteiger partial charge in [-0.05, 0) is 30.7 Å². The summed E-state index contributed by atoms with van der Waals surface area (Å²) in [7, 11) is 1.56. The van der Waals surface area contributed by atoms with Gasteiger partial charge < -0.3 is 24.4 Å². The van der Waals surface area contributed by atoms with E-state index in [1.807, 2.05) is 18.2 Å². The molecule has 0 saturated heterocycles. The molecule has 3 aromatic rings. The lowest BCUT2D eigenvalue weighted by Crippen LogP contribution is -2.29. The van der Waals surface area contributed by atoms with Crippen molar-refractivity contribution in [2.24, 2.45) is 0 Å². The molecule has 4 rings (SSSR count). The second-order valence-corrected chi connectivity index (χ2v) is 6.84. The standard InChI is InChI=1S/C21H21N3O5/c1-12(25)13-4-3-5-15(8-13)21(26)22-17-10-28-18-9-14(6-7-16(17)18)20-23-19(11-27-2)29-24-20/h3-9,12,17,25H,10-11H2,1-2H3,(H,22,26)/t12-,17?/m1/s1. The number of ether oxygens (including phenoxy) is 2. The van der Waals surface area contributed by atoms with Gasteiger partial charge in [0, 0.05) is 23.8 Å². The molecule has 1 unspecified atom stereocenters. The van der Waals surface area contributed by atoms with Crippen molar-refractivity contribution in [1.82, 2.24) is 15.5 Å². The Labute approximate surface area is 167 Å². The van der Waals surface area contributed by atoms with Crippen molar-refractivity contribution in [2.75, 3.05) is 13.7 Å². The third kappa shape index (κ3) is 3.98. The van der Waals surface area contributed by atoms with Crippen LogP contribution in [0.25, 0.3) is 11.4 Å². The summed E-state index contributed by atoms with van der Waals surface area (Å²) in [5, 5.41) is 16.7. The molecule has 1 aliphatic rings. The molecule has 8 heteroatoms. The molecule has 0 fully saturated rings. The molecule has 0 spiro atoms. The van der Waals surface area contributed by atoms with Gasteiger partial charge in [-0.2, -0.15) is 4.98 Å². The average Bonchev–Trinajstić information content (AvgIpc) is 3.35. The Morgan fingerprint density at radius 1 is 1.34 bits per heavy atom. The third-order valence-corrected chi connectivity index (χ3v) is 4.73. The number of carbonyl (C=O) groups is 1. The molecule has 8 nitrogen and oxygen atoms in total. The molecular weight excluding hydrogens is 374 g/mol. The summed E-state index contributed by atoms with van der Waals surface area (Å²) < 4.78 is 15.9. The number of aromatic nitrogens is 2. The van der Waals surface area contributed by atoms with E-state index in [1.54, 1.807) is 38.3 Å². The Kier molecular flexibility index (Phi) is 5.28. The van der Waals surface area contributed by atoms with E-state index in [2.05, 4.69) is 15.5 Å². The second-order valence-electron chi connectivity index (χ2n) is 6.84. The summed E-state index contributed by atoms with van der Waals surface area (Å²) in [6.07, 6.45) is -0.633. The molecule has 2 N–H and O–H groups in total. The minimum Gasteiger partial charge on any atom is -0.491 e. The number of nitrogens with one attached hydrogen (secondary N) is 1. The second kappa shape index (κ2) is 8.02. The van der Waals surface area contributed by atoms with E-state index in [1.165, 1.54) is 0 Å². The minimum absolute atomic E-state index is 0.222. The lowest BCUT2D eigenvalue weighted by molar-refractivity contribution is 0.0930. The molecule has 150 valence electrons. The number of benzene rings is 2. The smallest absolute Gasteiger partial charge is 0.252 e. The van der Waals surface area contributed by atoms with Crippen molar-refractivity contribution < 1.29 is 23.9 Å². The first-order chi connectivity index (χ1) is 14.0. The van der Waals surface area contributed by atoms with Gasteiger partial charge in [-0.15, -0.1) is 0 Å². The molecular formula is C21H21N3O5. The molecule has 2 heterocycles. The molecule has 1 amide bonds. The maximum atomic E-state index is 12.6. The molecule has 0 bridgehead atoms. The summed E-state index contributed by atoms with van der Waals surface area (Å²) >= 11 is 0. The highest BCUT2D eigenvalue weighted by atomic mass is 16.5. The van der Waals surface area contributed by atoms with E-state index in [9.17, 15) is 9.90 Å². The fourth-order valence-electron chi connectivity index (χ4n) is 3.20. The number of aliphatic hydroxyl groups excluding tert-OH is 1. The topological polar surface area (TPSA) is 107 Å². The van der Waals surface area contributed by atoms with Crippen LogP contribution in [0.5, 0.6) is 5.75 Å². The van der Waals surface area contributed by atoms with Crippen LogP contribution in [0.1, 0.15) is 46.4 Å². The summed E-state index contributed by atoms with van der Waals surface area (Å²) in [5.74, 6) is 1.29. The lowest BCUT2D eigenvalue weighted by Gasteiger charge is -2.13. The van der Waals surface area contributed by atoms with E-state index in [4.69, 9.17) is 14.0 Å². The summed E-state index contributed by atoms with van der Waals surface area (Å²) in [4.78, 5) is 16.9. The molecule has 2 aromatic carbocycles. The van der Waals surface area contributed by atoms with Gasteiger partial charge in [0.05, 0.1) is 12.1 Å². The summed E-state index contributed by atoms with van der Waals surface area (Å²) in [6, 6.07) is 12.3. The van der Waals surface area contributed by atoms with Gasteiger partial charge in [-0.3, -0.25) is 4.79 Å². The largest absolute Gasteiger partial charge is 0.491 e. The number of amides is 1. The fourth-order valence-corrected chi connectivity index (χ4v) is 3.20. The van der Waals surface area contributed by atoms with Crippen molar-refractivity contribution in [3.05, 3.63) is 65.0 Å². The Balaban J connectivity index is 1.50. The van der Waals surface area contributed by atoms with Crippen LogP contribution < -0.4 is 10.1 Å². The maximum absolute atomic E-state index is 12.6. The average molecular weight is 395 g/mol. The number of rotatable bonds is 6. The highest BCUT2D eigenvalue weighted by Gasteiger charge is 2.27. The molecule has 1 aromatic heterocycles. The van der Waals surface area contributed by atoms with Gasteiger partial charge in [-0.25, -0.2) is 0 Å². The zero-order valence-electron chi connectivity index (χ0n) is 16.1. The number of methoxy groups -OCH3 is 1. The van der Waals surface area contributed by atoms with Crippen LogP contribution in [0.2, 0.25) is 0 Å². The van der Waals surface area contributed by atoms with E-state index < -0.39 is 6.10 Å². The van der Waals surface area contributed by atoms with Crippen LogP contribution in [0.3, 0.4) is 0 Å². The normalized spacial score (nSPS) is 16.2. The first-order valence-electron chi connectivity index (χ1n) is 9.22. The Morgan fingerprint density at radius 3 is 3.00 bits per heavy atom. The SMILES string of the molecule is COCc1nc(-c2ccc3c(c2)OCC3NC(=O)c2cccc([C@@H](C)O)c2)no1. The van der Waals surface area contributed by atoms with Crippen LogP contribution >= 0.6 is 0 Å². The van der Waals surface area contributed by atoms with Gasteiger partial charge in [0.15, 0.2) is 0 Å². The molecule has 0 saturated carbocycles. The molecule has 0 aliphatic carbocycles. The van der Waals surface area contributed by atoms with Crippen molar-refractivity contribution in [2.45, 2.75) is 25.7 Å². The third-order valence-electron chi connectivity index (χ3n) is 4.73. The van der Waals surface area contributed by atoms with Crippen molar-refractivity contribution in [1.29, 1.82) is 0 Å². The molecule has 2 atom stereocenters. The number of aliphatic hydroxyl groups is 1. The number of hydrogen-bond donors (Lipinski definition) is 2. The number of carbonyl (C=O) groups excluding carboxylic acids is 1. The van der Waals surface area contributed by atoms with Crippen LogP contribution in [-0.4, -0.2) is 34.9 Å². The Bertz CT molecular complexity index is 1030. The van der Waals surface area contributed by atoms with E-state index >= 15 is 0 Å².